The number of rotatable bonds is 2. The maximum atomic E-state index is 5.78. The summed E-state index contributed by atoms with van der Waals surface area (Å²) in [5, 5.41) is 4.10. The summed E-state index contributed by atoms with van der Waals surface area (Å²) >= 11 is 5.78. The largest absolute Gasteiger partial charge is 0.380 e. The van der Waals surface area contributed by atoms with E-state index in [1.165, 1.54) is 0 Å². The van der Waals surface area contributed by atoms with Crippen LogP contribution in [-0.2, 0) is 4.74 Å². The Kier molecular flexibility index (Phi) is 2.56. The third-order valence-corrected chi connectivity index (χ3v) is 4.37. The van der Waals surface area contributed by atoms with Gasteiger partial charge >= 0.3 is 0 Å². The van der Waals surface area contributed by atoms with E-state index in [1.807, 2.05) is 12.1 Å². The highest BCUT2D eigenvalue weighted by Crippen LogP contribution is 2.53. The lowest BCUT2D eigenvalue weighted by atomic mass is 9.57. The molecule has 3 rings (SSSR count). The number of anilines is 1. The van der Waals surface area contributed by atoms with E-state index >= 15 is 0 Å². The van der Waals surface area contributed by atoms with Crippen LogP contribution in [0.15, 0.2) is 18.3 Å². The first kappa shape index (κ1) is 11.3. The van der Waals surface area contributed by atoms with Crippen LogP contribution in [0.1, 0.15) is 20.3 Å². The monoisotopic (exact) mass is 252 g/mol. The smallest absolute Gasteiger partial charge is 0.129 e. The second-order valence-corrected chi connectivity index (χ2v) is 5.94. The minimum atomic E-state index is 0.195. The fraction of sp³-hybridized carbons (Fsp3) is 0.615. The van der Waals surface area contributed by atoms with Crippen molar-refractivity contribution in [1.29, 1.82) is 0 Å². The number of nitrogens with one attached hydrogen (secondary N) is 1. The molecule has 0 bridgehead atoms. The molecular weight excluding hydrogens is 236 g/mol. The van der Waals surface area contributed by atoms with E-state index in [0.717, 1.165) is 18.7 Å². The maximum Gasteiger partial charge on any atom is 0.129 e. The fourth-order valence-corrected chi connectivity index (χ4v) is 3.37. The molecule has 0 amide bonds. The predicted molar refractivity (Wildman–Crippen MR) is 68.3 cm³/mol. The van der Waals surface area contributed by atoms with Gasteiger partial charge in [-0.25, -0.2) is 4.98 Å². The highest BCUT2D eigenvalue weighted by atomic mass is 35.5. The molecule has 1 saturated carbocycles. The average Bonchev–Trinajstić information content (AvgIpc) is 2.75. The van der Waals surface area contributed by atoms with Crippen LogP contribution in [0.25, 0.3) is 0 Å². The molecule has 2 heterocycles. The van der Waals surface area contributed by atoms with Crippen LogP contribution >= 0.6 is 11.6 Å². The van der Waals surface area contributed by atoms with Gasteiger partial charge in [0.25, 0.3) is 0 Å². The highest BCUT2D eigenvalue weighted by Gasteiger charge is 2.59. The molecule has 1 aliphatic carbocycles. The van der Waals surface area contributed by atoms with E-state index < -0.39 is 0 Å². The van der Waals surface area contributed by atoms with Gasteiger partial charge in [-0.15, -0.1) is 0 Å². The second-order valence-electron chi connectivity index (χ2n) is 5.56. The van der Waals surface area contributed by atoms with Crippen molar-refractivity contribution in [2.75, 3.05) is 11.9 Å². The van der Waals surface area contributed by atoms with Crippen molar-refractivity contribution in [2.45, 2.75) is 32.4 Å². The third kappa shape index (κ3) is 1.72. The molecular formula is C13H17ClN2O. The maximum absolute atomic E-state index is 5.78. The van der Waals surface area contributed by atoms with E-state index in [2.05, 4.69) is 24.1 Å². The molecule has 1 N–H and O–H groups in total. The molecule has 1 aromatic rings. The number of halogens is 1. The molecule has 2 fully saturated rings. The number of ether oxygens (including phenoxy) is 1. The Labute approximate surface area is 107 Å². The predicted octanol–water partition coefficient (Wildman–Crippen LogP) is 2.96. The highest BCUT2D eigenvalue weighted by molar-refractivity contribution is 6.29. The molecule has 1 aromatic heterocycles. The van der Waals surface area contributed by atoms with E-state index in [0.29, 0.717) is 23.2 Å². The van der Waals surface area contributed by atoms with E-state index in [1.54, 1.807) is 6.20 Å². The van der Waals surface area contributed by atoms with Crippen LogP contribution < -0.4 is 5.32 Å². The van der Waals surface area contributed by atoms with Gasteiger partial charge in [-0.05, 0) is 18.6 Å². The molecule has 0 radical (unpaired) electrons. The second kappa shape index (κ2) is 3.85. The lowest BCUT2D eigenvalue weighted by molar-refractivity contribution is -0.0923. The van der Waals surface area contributed by atoms with Crippen molar-refractivity contribution in [1.82, 2.24) is 4.98 Å². The third-order valence-electron chi connectivity index (χ3n) is 4.15. The minimum absolute atomic E-state index is 0.195. The van der Waals surface area contributed by atoms with Gasteiger partial charge in [0.05, 0.1) is 18.0 Å². The normalized spacial score (nSPS) is 33.9. The average molecular weight is 253 g/mol. The Morgan fingerprint density at radius 2 is 2.29 bits per heavy atom. The minimum Gasteiger partial charge on any atom is -0.380 e. The Balaban J connectivity index is 1.75. The van der Waals surface area contributed by atoms with Gasteiger partial charge in [0.1, 0.15) is 5.15 Å². The first-order valence-electron chi connectivity index (χ1n) is 6.09. The Morgan fingerprint density at radius 1 is 1.47 bits per heavy atom. The number of aromatic nitrogens is 1. The number of fused-ring (bicyclic) bond motifs is 1. The number of nitrogens with zero attached hydrogens (tertiary/aromatic N) is 1. The summed E-state index contributed by atoms with van der Waals surface area (Å²) < 4.78 is 5.78. The Hall–Kier alpha value is -0.800. The lowest BCUT2D eigenvalue weighted by Crippen LogP contribution is -2.63. The standard InChI is InChI=1S/C13H17ClN2O/c1-13(2)11(9-5-6-17-12(9)13)16-8-3-4-10(14)15-7-8/h3-4,7,9,11-12,16H,5-6H2,1-2H3. The molecule has 4 heteroatoms. The zero-order valence-corrected chi connectivity index (χ0v) is 10.9. The van der Waals surface area contributed by atoms with Crippen molar-refractivity contribution in [3.8, 4) is 0 Å². The van der Waals surface area contributed by atoms with Crippen LogP contribution in [0.5, 0.6) is 0 Å². The molecule has 3 atom stereocenters. The van der Waals surface area contributed by atoms with Crippen LogP contribution in [0, 0.1) is 11.3 Å². The van der Waals surface area contributed by atoms with Crippen molar-refractivity contribution in [2.24, 2.45) is 11.3 Å². The van der Waals surface area contributed by atoms with Crippen LogP contribution in [-0.4, -0.2) is 23.7 Å². The Bertz CT molecular complexity index is 418. The van der Waals surface area contributed by atoms with Gasteiger partial charge in [0, 0.05) is 24.0 Å². The van der Waals surface area contributed by atoms with Gasteiger partial charge in [-0.2, -0.15) is 0 Å². The van der Waals surface area contributed by atoms with E-state index in [9.17, 15) is 0 Å². The van der Waals surface area contributed by atoms with Gasteiger partial charge in [-0.3, -0.25) is 0 Å². The number of pyridine rings is 1. The molecule has 1 aliphatic heterocycles. The molecule has 17 heavy (non-hydrogen) atoms. The summed E-state index contributed by atoms with van der Waals surface area (Å²) in [6.45, 7) is 5.43. The van der Waals surface area contributed by atoms with Crippen molar-refractivity contribution < 1.29 is 4.74 Å². The zero-order chi connectivity index (χ0) is 12.0. The quantitative estimate of drug-likeness (QED) is 0.822. The molecule has 92 valence electrons. The first-order chi connectivity index (χ1) is 8.09. The van der Waals surface area contributed by atoms with Crippen molar-refractivity contribution in [3.63, 3.8) is 0 Å². The summed E-state index contributed by atoms with van der Waals surface area (Å²) in [4.78, 5) is 4.10. The summed E-state index contributed by atoms with van der Waals surface area (Å²) in [6.07, 6.45) is 3.37. The molecule has 3 unspecified atom stereocenters. The SMILES string of the molecule is CC1(C)C(Nc2ccc(Cl)nc2)C2CCOC21. The molecule has 0 spiro atoms. The molecule has 1 saturated heterocycles. The molecule has 3 nitrogen and oxygen atoms in total. The van der Waals surface area contributed by atoms with Gasteiger partial charge in [-0.1, -0.05) is 25.4 Å². The first-order valence-corrected chi connectivity index (χ1v) is 6.46. The topological polar surface area (TPSA) is 34.2 Å². The van der Waals surface area contributed by atoms with Gasteiger partial charge in [0.2, 0.25) is 0 Å². The van der Waals surface area contributed by atoms with E-state index in [-0.39, 0.29) is 5.41 Å². The lowest BCUT2D eigenvalue weighted by Gasteiger charge is -2.55. The van der Waals surface area contributed by atoms with Gasteiger partial charge < -0.3 is 10.1 Å². The fourth-order valence-electron chi connectivity index (χ4n) is 3.26. The van der Waals surface area contributed by atoms with Gasteiger partial charge in [0.15, 0.2) is 0 Å². The van der Waals surface area contributed by atoms with E-state index in [4.69, 9.17) is 16.3 Å². The summed E-state index contributed by atoms with van der Waals surface area (Å²) in [5.41, 5.74) is 1.23. The van der Waals surface area contributed by atoms with Crippen LogP contribution in [0.2, 0.25) is 5.15 Å². The zero-order valence-electron chi connectivity index (χ0n) is 10.1. The summed E-state index contributed by atoms with van der Waals surface area (Å²) in [5.74, 6) is 0.640. The summed E-state index contributed by atoms with van der Waals surface area (Å²) in [6, 6.07) is 4.27. The Morgan fingerprint density at radius 3 is 3.00 bits per heavy atom. The molecule has 2 aliphatic rings. The van der Waals surface area contributed by atoms with Crippen molar-refractivity contribution in [3.05, 3.63) is 23.5 Å². The van der Waals surface area contributed by atoms with Crippen molar-refractivity contribution >= 4 is 17.3 Å². The van der Waals surface area contributed by atoms with Crippen LogP contribution in [0.4, 0.5) is 5.69 Å². The summed E-state index contributed by atoms with van der Waals surface area (Å²) in [7, 11) is 0. The number of hydrogen-bond acceptors (Lipinski definition) is 3. The van der Waals surface area contributed by atoms with Crippen LogP contribution in [0.3, 0.4) is 0 Å². The number of hydrogen-bond donors (Lipinski definition) is 1. The molecule has 0 aromatic carbocycles.